The van der Waals surface area contributed by atoms with Gasteiger partial charge in [0.15, 0.2) is 6.79 Å². The second-order valence-electron chi connectivity index (χ2n) is 4.79. The zero-order valence-corrected chi connectivity index (χ0v) is 13.2. The summed E-state index contributed by atoms with van der Waals surface area (Å²) < 4.78 is 15.7. The molecule has 0 fully saturated rings. The van der Waals surface area contributed by atoms with Crippen LogP contribution in [-0.2, 0) is 15.9 Å². The largest absolute Gasteiger partial charge is 0.468 e. The second-order valence-corrected chi connectivity index (χ2v) is 4.79. The standard InChI is InChI=1S/C18H21NO4/c1-2-15-8-10-17(11-9-15)23-14-21-12-13-22-18(20)19-16-6-4-3-5-7-16/h3-11H,2,12-14H2,1H3,(H,19,20). The zero-order chi connectivity index (χ0) is 16.3. The van der Waals surface area contributed by atoms with E-state index in [2.05, 4.69) is 12.2 Å². The van der Waals surface area contributed by atoms with E-state index in [4.69, 9.17) is 14.2 Å². The van der Waals surface area contributed by atoms with Gasteiger partial charge in [0.2, 0.25) is 0 Å². The van der Waals surface area contributed by atoms with Gasteiger partial charge in [-0.15, -0.1) is 0 Å². The number of rotatable bonds is 8. The minimum Gasteiger partial charge on any atom is -0.468 e. The first kappa shape index (κ1) is 16.8. The van der Waals surface area contributed by atoms with Crippen LogP contribution in [0.3, 0.4) is 0 Å². The molecule has 1 N–H and O–H groups in total. The summed E-state index contributed by atoms with van der Waals surface area (Å²) in [5.74, 6) is 0.755. The molecule has 0 aliphatic carbocycles. The summed E-state index contributed by atoms with van der Waals surface area (Å²) >= 11 is 0. The van der Waals surface area contributed by atoms with Crippen LogP contribution >= 0.6 is 0 Å². The zero-order valence-electron chi connectivity index (χ0n) is 13.2. The number of carbonyl (C=O) groups excluding carboxylic acids is 1. The highest BCUT2D eigenvalue weighted by Crippen LogP contribution is 2.12. The van der Waals surface area contributed by atoms with E-state index in [0.29, 0.717) is 5.69 Å². The highest BCUT2D eigenvalue weighted by molar-refractivity contribution is 5.84. The fourth-order valence-corrected chi connectivity index (χ4v) is 1.86. The predicted octanol–water partition coefficient (Wildman–Crippen LogP) is 3.85. The lowest BCUT2D eigenvalue weighted by molar-refractivity contribution is -0.00331. The molecule has 0 aliphatic rings. The molecule has 2 aromatic carbocycles. The summed E-state index contributed by atoms with van der Waals surface area (Å²) in [6, 6.07) is 17.0. The van der Waals surface area contributed by atoms with Crippen LogP contribution in [-0.4, -0.2) is 26.1 Å². The molecule has 0 unspecified atom stereocenters. The molecular formula is C18H21NO4. The van der Waals surface area contributed by atoms with Gasteiger partial charge in [0.25, 0.3) is 0 Å². The molecular weight excluding hydrogens is 294 g/mol. The lowest BCUT2D eigenvalue weighted by Gasteiger charge is -2.09. The summed E-state index contributed by atoms with van der Waals surface area (Å²) in [6.07, 6.45) is 0.495. The average Bonchev–Trinajstić information content (AvgIpc) is 2.59. The van der Waals surface area contributed by atoms with E-state index in [1.54, 1.807) is 12.1 Å². The summed E-state index contributed by atoms with van der Waals surface area (Å²) in [6.45, 7) is 2.66. The van der Waals surface area contributed by atoms with Crippen molar-refractivity contribution in [2.75, 3.05) is 25.3 Å². The van der Waals surface area contributed by atoms with E-state index in [1.807, 2.05) is 42.5 Å². The topological polar surface area (TPSA) is 56.8 Å². The SMILES string of the molecule is CCc1ccc(OCOCCOC(=O)Nc2ccccc2)cc1. The molecule has 1 amide bonds. The molecule has 0 bridgehead atoms. The van der Waals surface area contributed by atoms with Gasteiger partial charge in [0.1, 0.15) is 12.4 Å². The lowest BCUT2D eigenvalue weighted by atomic mass is 10.2. The summed E-state index contributed by atoms with van der Waals surface area (Å²) in [5.41, 5.74) is 1.95. The van der Waals surface area contributed by atoms with Crippen LogP contribution < -0.4 is 10.1 Å². The number of aryl methyl sites for hydroxylation is 1. The highest BCUT2D eigenvalue weighted by atomic mass is 16.7. The first-order valence-electron chi connectivity index (χ1n) is 7.56. The van der Waals surface area contributed by atoms with Crippen LogP contribution in [0.1, 0.15) is 12.5 Å². The number of hydrogen-bond donors (Lipinski definition) is 1. The maximum atomic E-state index is 11.5. The molecule has 0 aliphatic heterocycles. The summed E-state index contributed by atoms with van der Waals surface area (Å²) in [7, 11) is 0. The fourth-order valence-electron chi connectivity index (χ4n) is 1.86. The van der Waals surface area contributed by atoms with Crippen molar-refractivity contribution >= 4 is 11.8 Å². The molecule has 23 heavy (non-hydrogen) atoms. The van der Waals surface area contributed by atoms with Crippen LogP contribution in [0.2, 0.25) is 0 Å². The maximum Gasteiger partial charge on any atom is 0.411 e. The number of ether oxygens (including phenoxy) is 3. The van der Waals surface area contributed by atoms with Gasteiger partial charge >= 0.3 is 6.09 Å². The van der Waals surface area contributed by atoms with Crippen molar-refractivity contribution in [1.29, 1.82) is 0 Å². The molecule has 0 aromatic heterocycles. The monoisotopic (exact) mass is 315 g/mol. The Hall–Kier alpha value is -2.53. The fraction of sp³-hybridized carbons (Fsp3) is 0.278. The minimum atomic E-state index is -0.504. The Kier molecular flexibility index (Phi) is 6.94. The first-order valence-corrected chi connectivity index (χ1v) is 7.56. The number of benzene rings is 2. The van der Waals surface area contributed by atoms with Crippen LogP contribution in [0.4, 0.5) is 10.5 Å². The molecule has 0 radical (unpaired) electrons. The average molecular weight is 315 g/mol. The molecule has 5 nitrogen and oxygen atoms in total. The van der Waals surface area contributed by atoms with Gasteiger partial charge < -0.3 is 14.2 Å². The third kappa shape index (κ3) is 6.40. The first-order chi connectivity index (χ1) is 11.3. The molecule has 0 saturated carbocycles. The molecule has 0 spiro atoms. The number of amides is 1. The van der Waals surface area contributed by atoms with Crippen molar-refractivity contribution in [1.82, 2.24) is 0 Å². The molecule has 122 valence electrons. The van der Waals surface area contributed by atoms with Gasteiger partial charge in [-0.25, -0.2) is 4.79 Å². The van der Waals surface area contributed by atoms with Crippen LogP contribution in [0.15, 0.2) is 54.6 Å². The maximum absolute atomic E-state index is 11.5. The van der Waals surface area contributed by atoms with E-state index in [1.165, 1.54) is 5.56 Å². The number of hydrogen-bond acceptors (Lipinski definition) is 4. The Balaban J connectivity index is 1.54. The molecule has 2 rings (SSSR count). The van der Waals surface area contributed by atoms with E-state index in [9.17, 15) is 4.79 Å². The van der Waals surface area contributed by atoms with Crippen LogP contribution in [0, 0.1) is 0 Å². The number of nitrogens with one attached hydrogen (secondary N) is 1. The summed E-state index contributed by atoms with van der Waals surface area (Å²) in [4.78, 5) is 11.5. The van der Waals surface area contributed by atoms with Crippen molar-refractivity contribution in [3.05, 3.63) is 60.2 Å². The van der Waals surface area contributed by atoms with Crippen molar-refractivity contribution < 1.29 is 19.0 Å². The van der Waals surface area contributed by atoms with Gasteiger partial charge in [0.05, 0.1) is 6.61 Å². The Morgan fingerprint density at radius 3 is 2.43 bits per heavy atom. The Bertz CT molecular complexity index is 584. The second kappa shape index (κ2) is 9.48. The van der Waals surface area contributed by atoms with E-state index >= 15 is 0 Å². The predicted molar refractivity (Wildman–Crippen MR) is 88.7 cm³/mol. The summed E-state index contributed by atoms with van der Waals surface area (Å²) in [5, 5.41) is 2.62. The van der Waals surface area contributed by atoms with Crippen molar-refractivity contribution in [3.63, 3.8) is 0 Å². The van der Waals surface area contributed by atoms with Crippen molar-refractivity contribution in [3.8, 4) is 5.75 Å². The van der Waals surface area contributed by atoms with Crippen LogP contribution in [0.25, 0.3) is 0 Å². The quantitative estimate of drug-likeness (QED) is 0.594. The smallest absolute Gasteiger partial charge is 0.411 e. The number of anilines is 1. The van der Waals surface area contributed by atoms with Crippen LogP contribution in [0.5, 0.6) is 5.75 Å². The third-order valence-electron chi connectivity index (χ3n) is 3.12. The van der Waals surface area contributed by atoms with E-state index in [0.717, 1.165) is 12.2 Å². The van der Waals surface area contributed by atoms with Gasteiger partial charge in [0, 0.05) is 5.69 Å². The molecule has 5 heteroatoms. The number of para-hydroxylation sites is 1. The Labute approximate surface area is 136 Å². The molecule has 0 atom stereocenters. The van der Waals surface area contributed by atoms with Gasteiger partial charge in [-0.3, -0.25) is 5.32 Å². The van der Waals surface area contributed by atoms with Gasteiger partial charge in [-0.2, -0.15) is 0 Å². The molecule has 0 saturated heterocycles. The van der Waals surface area contributed by atoms with Crippen molar-refractivity contribution in [2.24, 2.45) is 0 Å². The number of carbonyl (C=O) groups is 1. The third-order valence-corrected chi connectivity index (χ3v) is 3.12. The minimum absolute atomic E-state index is 0.120. The lowest BCUT2D eigenvalue weighted by Crippen LogP contribution is -2.17. The Morgan fingerprint density at radius 1 is 1.00 bits per heavy atom. The van der Waals surface area contributed by atoms with Gasteiger partial charge in [-0.1, -0.05) is 37.3 Å². The Morgan fingerprint density at radius 2 is 1.74 bits per heavy atom. The van der Waals surface area contributed by atoms with E-state index < -0.39 is 6.09 Å². The van der Waals surface area contributed by atoms with Crippen molar-refractivity contribution in [2.45, 2.75) is 13.3 Å². The molecule has 0 heterocycles. The van der Waals surface area contributed by atoms with E-state index in [-0.39, 0.29) is 20.0 Å². The highest BCUT2D eigenvalue weighted by Gasteiger charge is 2.02. The molecule has 2 aromatic rings. The normalized spacial score (nSPS) is 10.1. The van der Waals surface area contributed by atoms with Gasteiger partial charge in [-0.05, 0) is 36.2 Å².